The molecule has 0 spiro atoms. The van der Waals surface area contributed by atoms with Crippen LogP contribution in [0.3, 0.4) is 0 Å². The summed E-state index contributed by atoms with van der Waals surface area (Å²) in [6.45, 7) is 6.68. The Morgan fingerprint density at radius 3 is 2.70 bits per heavy atom. The van der Waals surface area contributed by atoms with Crippen LogP contribution in [0.25, 0.3) is 0 Å². The van der Waals surface area contributed by atoms with Crippen molar-refractivity contribution in [3.05, 3.63) is 23.2 Å². The number of hydrogen-bond donors (Lipinski definition) is 2. The van der Waals surface area contributed by atoms with Crippen LogP contribution in [0.2, 0.25) is 5.02 Å². The number of guanidine groups is 1. The van der Waals surface area contributed by atoms with Crippen LogP contribution >= 0.6 is 11.6 Å². The van der Waals surface area contributed by atoms with Gasteiger partial charge < -0.3 is 5.11 Å². The van der Waals surface area contributed by atoms with Gasteiger partial charge in [-0.2, -0.15) is 5.10 Å². The van der Waals surface area contributed by atoms with Crippen molar-refractivity contribution in [3.8, 4) is 5.75 Å². The number of halogens is 1. The van der Waals surface area contributed by atoms with Crippen molar-refractivity contribution in [2.45, 2.75) is 25.7 Å². The third-order valence-corrected chi connectivity index (χ3v) is 4.57. The smallest absolute Gasteiger partial charge is 0.264 e. The quantitative estimate of drug-likeness (QED) is 0.638. The standard InChI is InChI=1S/C14H19ClN4O3S/c1-4-16-13(19-9-14(2,3)8-17-19)18-23(21,22)12-6-10(15)5-11(20)7-12/h5-8,20H,4,9H2,1-3H3,(H,16,18). The Labute approximate surface area is 140 Å². The summed E-state index contributed by atoms with van der Waals surface area (Å²) in [6.07, 6.45) is 1.75. The van der Waals surface area contributed by atoms with E-state index in [0.717, 1.165) is 6.07 Å². The topological polar surface area (TPSA) is 94.4 Å². The van der Waals surface area contributed by atoms with Crippen molar-refractivity contribution in [2.24, 2.45) is 15.5 Å². The van der Waals surface area contributed by atoms with E-state index in [4.69, 9.17) is 11.6 Å². The van der Waals surface area contributed by atoms with E-state index in [1.807, 2.05) is 13.8 Å². The lowest BCUT2D eigenvalue weighted by atomic mass is 9.97. The van der Waals surface area contributed by atoms with Gasteiger partial charge in [0, 0.05) is 29.3 Å². The first-order valence-electron chi connectivity index (χ1n) is 7.02. The lowest BCUT2D eigenvalue weighted by molar-refractivity contribution is 0.379. The number of phenols is 1. The minimum atomic E-state index is -3.94. The number of benzene rings is 1. The van der Waals surface area contributed by atoms with Crippen molar-refractivity contribution in [2.75, 3.05) is 13.1 Å². The van der Waals surface area contributed by atoms with Crippen LogP contribution in [0.15, 0.2) is 33.2 Å². The van der Waals surface area contributed by atoms with Crippen LogP contribution in [0.4, 0.5) is 0 Å². The maximum Gasteiger partial charge on any atom is 0.264 e. The largest absolute Gasteiger partial charge is 0.508 e. The fourth-order valence-corrected chi connectivity index (χ4v) is 3.40. The molecule has 1 heterocycles. The minimum absolute atomic E-state index is 0.125. The first-order valence-corrected chi connectivity index (χ1v) is 8.88. The SMILES string of the molecule is CCN=C(NS(=O)(=O)c1cc(O)cc(Cl)c1)N1CC(C)(C)C=N1. The van der Waals surface area contributed by atoms with Crippen molar-refractivity contribution in [1.82, 2.24) is 9.73 Å². The first kappa shape index (κ1) is 17.6. The molecule has 0 aliphatic carbocycles. The molecule has 23 heavy (non-hydrogen) atoms. The summed E-state index contributed by atoms with van der Waals surface area (Å²) in [5.41, 5.74) is -0.172. The molecule has 0 fully saturated rings. The number of nitrogens with one attached hydrogen (secondary N) is 1. The van der Waals surface area contributed by atoms with Crippen LogP contribution < -0.4 is 4.72 Å². The molecule has 0 atom stereocenters. The van der Waals surface area contributed by atoms with Gasteiger partial charge in [0.25, 0.3) is 10.0 Å². The Morgan fingerprint density at radius 1 is 1.48 bits per heavy atom. The zero-order valence-corrected chi connectivity index (χ0v) is 14.7. The van der Waals surface area contributed by atoms with Crippen LogP contribution in [0.5, 0.6) is 5.75 Å². The maximum absolute atomic E-state index is 12.5. The molecule has 1 aromatic carbocycles. The zero-order valence-electron chi connectivity index (χ0n) is 13.1. The van der Waals surface area contributed by atoms with Gasteiger partial charge in [-0.15, -0.1) is 0 Å². The van der Waals surface area contributed by atoms with Crippen molar-refractivity contribution < 1.29 is 13.5 Å². The van der Waals surface area contributed by atoms with Gasteiger partial charge in [0.1, 0.15) is 5.75 Å². The molecule has 9 heteroatoms. The number of sulfonamides is 1. The van der Waals surface area contributed by atoms with E-state index in [-0.39, 0.29) is 27.0 Å². The second-order valence-electron chi connectivity index (χ2n) is 5.84. The molecule has 2 N–H and O–H groups in total. The van der Waals surface area contributed by atoms with Gasteiger partial charge in [-0.1, -0.05) is 25.4 Å². The lowest BCUT2D eigenvalue weighted by Crippen LogP contribution is -2.42. The molecule has 0 unspecified atom stereocenters. The molecule has 2 rings (SSSR count). The second kappa shape index (κ2) is 6.37. The molecular formula is C14H19ClN4O3S. The summed E-state index contributed by atoms with van der Waals surface area (Å²) in [5, 5.41) is 15.4. The van der Waals surface area contributed by atoms with E-state index < -0.39 is 10.0 Å². The Balaban J connectivity index is 2.29. The van der Waals surface area contributed by atoms with E-state index in [2.05, 4.69) is 14.8 Å². The highest BCUT2D eigenvalue weighted by molar-refractivity contribution is 7.90. The summed E-state index contributed by atoms with van der Waals surface area (Å²) < 4.78 is 27.4. The molecular weight excluding hydrogens is 340 g/mol. The Bertz CT molecular complexity index is 739. The van der Waals surface area contributed by atoms with Gasteiger partial charge in [0.2, 0.25) is 5.96 Å². The van der Waals surface area contributed by atoms with Gasteiger partial charge >= 0.3 is 0 Å². The van der Waals surface area contributed by atoms with E-state index >= 15 is 0 Å². The normalized spacial score (nSPS) is 17.6. The number of aliphatic imine (C=N–C) groups is 1. The summed E-state index contributed by atoms with van der Waals surface area (Å²) in [4.78, 5) is 4.03. The number of aromatic hydroxyl groups is 1. The summed E-state index contributed by atoms with van der Waals surface area (Å²) in [6, 6.07) is 3.63. The molecule has 0 amide bonds. The van der Waals surface area contributed by atoms with E-state index in [9.17, 15) is 13.5 Å². The fourth-order valence-electron chi connectivity index (χ4n) is 2.02. The zero-order chi connectivity index (χ0) is 17.3. The summed E-state index contributed by atoms with van der Waals surface area (Å²) >= 11 is 5.80. The average Bonchev–Trinajstić information content (AvgIpc) is 2.77. The van der Waals surface area contributed by atoms with Gasteiger partial charge in [-0.05, 0) is 19.1 Å². The van der Waals surface area contributed by atoms with Crippen molar-refractivity contribution >= 4 is 33.8 Å². The predicted molar refractivity (Wildman–Crippen MR) is 90.4 cm³/mol. The van der Waals surface area contributed by atoms with Gasteiger partial charge in [-0.3, -0.25) is 4.99 Å². The molecule has 0 saturated carbocycles. The van der Waals surface area contributed by atoms with E-state index in [1.165, 1.54) is 17.1 Å². The van der Waals surface area contributed by atoms with Gasteiger partial charge in [0.15, 0.2) is 0 Å². The average molecular weight is 359 g/mol. The first-order chi connectivity index (χ1) is 10.6. The highest BCUT2D eigenvalue weighted by Crippen LogP contribution is 2.24. The molecule has 0 bridgehead atoms. The monoisotopic (exact) mass is 358 g/mol. The predicted octanol–water partition coefficient (Wildman–Crippen LogP) is 2.03. The molecule has 0 radical (unpaired) electrons. The third-order valence-electron chi connectivity index (χ3n) is 3.05. The van der Waals surface area contributed by atoms with Crippen molar-refractivity contribution in [3.63, 3.8) is 0 Å². The number of phenolic OH excluding ortho intramolecular Hbond substituents is 1. The Morgan fingerprint density at radius 2 is 2.17 bits per heavy atom. The highest BCUT2D eigenvalue weighted by Gasteiger charge is 2.30. The molecule has 1 aliphatic rings. The van der Waals surface area contributed by atoms with Gasteiger partial charge in [0.05, 0.1) is 11.4 Å². The number of rotatable bonds is 3. The summed E-state index contributed by atoms with van der Waals surface area (Å²) in [5.74, 6) is -0.0963. The van der Waals surface area contributed by atoms with Crippen LogP contribution in [-0.2, 0) is 10.0 Å². The third kappa shape index (κ3) is 4.35. The Kier molecular flexibility index (Phi) is 4.86. The molecule has 0 aromatic heterocycles. The minimum Gasteiger partial charge on any atom is -0.508 e. The lowest BCUT2D eigenvalue weighted by Gasteiger charge is -2.21. The fraction of sp³-hybridized carbons (Fsp3) is 0.429. The number of hydrazone groups is 1. The molecule has 1 aromatic rings. The van der Waals surface area contributed by atoms with Crippen LogP contribution in [0, 0.1) is 5.41 Å². The molecule has 0 saturated heterocycles. The Hall–Kier alpha value is -1.80. The number of hydrogen-bond acceptors (Lipinski definition) is 5. The van der Waals surface area contributed by atoms with Crippen LogP contribution in [-0.4, -0.2) is 43.8 Å². The molecule has 126 valence electrons. The number of nitrogens with zero attached hydrogens (tertiary/aromatic N) is 3. The van der Waals surface area contributed by atoms with E-state index in [1.54, 1.807) is 13.1 Å². The highest BCUT2D eigenvalue weighted by atomic mass is 35.5. The van der Waals surface area contributed by atoms with Gasteiger partial charge in [-0.25, -0.2) is 18.1 Å². The second-order valence-corrected chi connectivity index (χ2v) is 7.96. The maximum atomic E-state index is 12.5. The molecule has 7 nitrogen and oxygen atoms in total. The summed E-state index contributed by atoms with van der Waals surface area (Å²) in [7, 11) is -3.94. The van der Waals surface area contributed by atoms with Crippen molar-refractivity contribution in [1.29, 1.82) is 0 Å². The molecule has 1 aliphatic heterocycles. The van der Waals surface area contributed by atoms with E-state index in [0.29, 0.717) is 13.1 Å². The van der Waals surface area contributed by atoms with Crippen LogP contribution in [0.1, 0.15) is 20.8 Å².